The van der Waals surface area contributed by atoms with Crippen molar-refractivity contribution >= 4 is 22.6 Å². The first-order valence-corrected chi connectivity index (χ1v) is 8.29. The van der Waals surface area contributed by atoms with Gasteiger partial charge in [0.05, 0.1) is 11.0 Å². The van der Waals surface area contributed by atoms with Gasteiger partial charge >= 0.3 is 0 Å². The van der Waals surface area contributed by atoms with Crippen LogP contribution in [0.3, 0.4) is 0 Å². The largest absolute Gasteiger partial charge is 0.328 e. The Morgan fingerprint density at radius 3 is 2.76 bits per heavy atom. The van der Waals surface area contributed by atoms with Crippen molar-refractivity contribution in [3.05, 3.63) is 29.6 Å². The SMILES string of the molecule is Cc1cccc2nc(CCCl)n(CCCN(C)C(C)C)c12. The Morgan fingerprint density at radius 1 is 1.33 bits per heavy atom. The maximum absolute atomic E-state index is 5.94. The number of para-hydroxylation sites is 1. The van der Waals surface area contributed by atoms with Crippen molar-refractivity contribution in [3.63, 3.8) is 0 Å². The molecule has 0 saturated carbocycles. The van der Waals surface area contributed by atoms with Gasteiger partial charge in [-0.05, 0) is 52.4 Å². The number of aromatic nitrogens is 2. The zero-order chi connectivity index (χ0) is 15.4. The van der Waals surface area contributed by atoms with E-state index >= 15 is 0 Å². The molecule has 0 saturated heterocycles. The van der Waals surface area contributed by atoms with Crippen LogP contribution in [0.4, 0.5) is 0 Å². The van der Waals surface area contributed by atoms with Crippen molar-refractivity contribution < 1.29 is 0 Å². The summed E-state index contributed by atoms with van der Waals surface area (Å²) in [6, 6.07) is 6.92. The average Bonchev–Trinajstić information content (AvgIpc) is 2.78. The van der Waals surface area contributed by atoms with E-state index in [1.165, 1.54) is 11.1 Å². The molecular formula is C17H26ClN3. The lowest BCUT2D eigenvalue weighted by Gasteiger charge is -2.21. The summed E-state index contributed by atoms with van der Waals surface area (Å²) in [5, 5.41) is 0. The van der Waals surface area contributed by atoms with E-state index in [0.717, 1.165) is 37.3 Å². The number of alkyl halides is 1. The highest BCUT2D eigenvalue weighted by Crippen LogP contribution is 2.21. The van der Waals surface area contributed by atoms with Crippen molar-refractivity contribution in [1.82, 2.24) is 14.5 Å². The van der Waals surface area contributed by atoms with Crippen LogP contribution in [-0.2, 0) is 13.0 Å². The number of rotatable bonds is 7. The van der Waals surface area contributed by atoms with E-state index in [1.807, 2.05) is 0 Å². The molecule has 1 aromatic heterocycles. The van der Waals surface area contributed by atoms with Gasteiger partial charge in [0, 0.05) is 24.9 Å². The molecule has 2 rings (SSSR count). The molecule has 0 aliphatic carbocycles. The molecule has 1 heterocycles. The molecule has 4 heteroatoms. The summed E-state index contributed by atoms with van der Waals surface area (Å²) in [6.45, 7) is 8.73. The van der Waals surface area contributed by atoms with Gasteiger partial charge in [0.2, 0.25) is 0 Å². The lowest BCUT2D eigenvalue weighted by Crippen LogP contribution is -2.28. The van der Waals surface area contributed by atoms with Gasteiger partial charge in [-0.25, -0.2) is 4.98 Å². The van der Waals surface area contributed by atoms with Crippen molar-refractivity contribution in [2.45, 2.75) is 46.2 Å². The Balaban J connectivity index is 2.22. The van der Waals surface area contributed by atoms with Crippen molar-refractivity contribution in [1.29, 1.82) is 0 Å². The van der Waals surface area contributed by atoms with Gasteiger partial charge in [-0.1, -0.05) is 12.1 Å². The van der Waals surface area contributed by atoms with Crippen LogP contribution in [0.25, 0.3) is 11.0 Å². The Morgan fingerprint density at radius 2 is 2.10 bits per heavy atom. The quantitative estimate of drug-likeness (QED) is 0.724. The highest BCUT2D eigenvalue weighted by molar-refractivity contribution is 6.17. The summed E-state index contributed by atoms with van der Waals surface area (Å²) in [5.41, 5.74) is 3.65. The van der Waals surface area contributed by atoms with Crippen LogP contribution in [0.5, 0.6) is 0 Å². The number of imidazole rings is 1. The monoisotopic (exact) mass is 307 g/mol. The maximum Gasteiger partial charge on any atom is 0.111 e. The number of nitrogens with zero attached hydrogens (tertiary/aromatic N) is 3. The van der Waals surface area contributed by atoms with E-state index in [0.29, 0.717) is 11.9 Å². The van der Waals surface area contributed by atoms with Gasteiger partial charge in [-0.2, -0.15) is 0 Å². The summed E-state index contributed by atoms with van der Waals surface area (Å²) in [5.74, 6) is 1.73. The van der Waals surface area contributed by atoms with Gasteiger partial charge < -0.3 is 9.47 Å². The van der Waals surface area contributed by atoms with E-state index in [-0.39, 0.29) is 0 Å². The molecule has 0 atom stereocenters. The van der Waals surface area contributed by atoms with E-state index in [9.17, 15) is 0 Å². The molecule has 1 aromatic carbocycles. The third kappa shape index (κ3) is 3.78. The number of hydrogen-bond acceptors (Lipinski definition) is 2. The molecule has 116 valence electrons. The van der Waals surface area contributed by atoms with E-state index in [2.05, 4.69) is 55.5 Å². The minimum absolute atomic E-state index is 0.591. The third-order valence-electron chi connectivity index (χ3n) is 4.14. The Bertz CT molecular complexity index is 589. The number of hydrogen-bond donors (Lipinski definition) is 0. The average molecular weight is 308 g/mol. The zero-order valence-electron chi connectivity index (χ0n) is 13.6. The van der Waals surface area contributed by atoms with Crippen LogP contribution in [0.15, 0.2) is 18.2 Å². The fourth-order valence-corrected chi connectivity index (χ4v) is 2.83. The van der Waals surface area contributed by atoms with Crippen LogP contribution in [0.2, 0.25) is 0 Å². The fourth-order valence-electron chi connectivity index (χ4n) is 2.67. The van der Waals surface area contributed by atoms with Crippen LogP contribution in [0, 0.1) is 6.92 Å². The first-order chi connectivity index (χ1) is 10.0. The molecule has 0 fully saturated rings. The first kappa shape index (κ1) is 16.3. The van der Waals surface area contributed by atoms with Crippen LogP contribution < -0.4 is 0 Å². The molecule has 0 unspecified atom stereocenters. The summed E-state index contributed by atoms with van der Waals surface area (Å²) in [4.78, 5) is 7.14. The van der Waals surface area contributed by atoms with Crippen molar-refractivity contribution in [2.75, 3.05) is 19.5 Å². The van der Waals surface area contributed by atoms with Crippen LogP contribution >= 0.6 is 11.6 Å². The van der Waals surface area contributed by atoms with E-state index in [1.54, 1.807) is 0 Å². The van der Waals surface area contributed by atoms with Gasteiger partial charge in [-0.15, -0.1) is 11.6 Å². The van der Waals surface area contributed by atoms with Crippen molar-refractivity contribution in [2.24, 2.45) is 0 Å². The molecule has 0 spiro atoms. The number of aryl methyl sites for hydroxylation is 3. The Labute approximate surface area is 132 Å². The first-order valence-electron chi connectivity index (χ1n) is 7.75. The lowest BCUT2D eigenvalue weighted by molar-refractivity contribution is 0.265. The minimum atomic E-state index is 0.591. The van der Waals surface area contributed by atoms with Crippen LogP contribution in [0.1, 0.15) is 31.7 Å². The summed E-state index contributed by atoms with van der Waals surface area (Å²) < 4.78 is 2.36. The zero-order valence-corrected chi connectivity index (χ0v) is 14.3. The van der Waals surface area contributed by atoms with E-state index in [4.69, 9.17) is 16.6 Å². The topological polar surface area (TPSA) is 21.1 Å². The van der Waals surface area contributed by atoms with Gasteiger partial charge in [0.15, 0.2) is 0 Å². The highest BCUT2D eigenvalue weighted by Gasteiger charge is 2.12. The molecule has 3 nitrogen and oxygen atoms in total. The van der Waals surface area contributed by atoms with Crippen LogP contribution in [-0.4, -0.2) is 40.0 Å². The molecule has 0 N–H and O–H groups in total. The lowest BCUT2D eigenvalue weighted by atomic mass is 10.2. The van der Waals surface area contributed by atoms with Crippen molar-refractivity contribution in [3.8, 4) is 0 Å². The normalized spacial score (nSPS) is 12.0. The molecule has 2 aromatic rings. The molecule has 21 heavy (non-hydrogen) atoms. The van der Waals surface area contributed by atoms with Gasteiger partial charge in [0.1, 0.15) is 5.82 Å². The van der Waals surface area contributed by atoms with Gasteiger partial charge in [0.25, 0.3) is 0 Å². The standard InChI is InChI=1S/C17H26ClN3/c1-13(2)20(4)11-6-12-21-16(9-10-18)19-15-8-5-7-14(3)17(15)21/h5,7-8,13H,6,9-12H2,1-4H3. The summed E-state index contributed by atoms with van der Waals surface area (Å²) in [7, 11) is 2.18. The molecule has 0 bridgehead atoms. The van der Waals surface area contributed by atoms with E-state index < -0.39 is 0 Å². The molecule has 0 radical (unpaired) electrons. The molecule has 0 aliphatic heterocycles. The third-order valence-corrected chi connectivity index (χ3v) is 4.33. The summed E-state index contributed by atoms with van der Waals surface area (Å²) in [6.07, 6.45) is 1.96. The fraction of sp³-hybridized carbons (Fsp3) is 0.588. The number of fused-ring (bicyclic) bond motifs is 1. The predicted molar refractivity (Wildman–Crippen MR) is 91.3 cm³/mol. The second-order valence-corrected chi connectivity index (χ2v) is 6.37. The maximum atomic E-state index is 5.94. The second kappa shape index (κ2) is 7.28. The van der Waals surface area contributed by atoms with Gasteiger partial charge in [-0.3, -0.25) is 0 Å². The smallest absolute Gasteiger partial charge is 0.111 e. The Kier molecular flexibility index (Phi) is 5.65. The molecule has 0 amide bonds. The number of halogens is 1. The minimum Gasteiger partial charge on any atom is -0.328 e. The molecule has 0 aliphatic rings. The number of benzene rings is 1. The highest BCUT2D eigenvalue weighted by atomic mass is 35.5. The Hall–Kier alpha value is -1.06. The second-order valence-electron chi connectivity index (χ2n) is 5.99. The molecular weight excluding hydrogens is 282 g/mol. The predicted octanol–water partition coefficient (Wildman–Crippen LogP) is 3.86. The summed E-state index contributed by atoms with van der Waals surface area (Å²) >= 11 is 5.94.